The lowest BCUT2D eigenvalue weighted by molar-refractivity contribution is -0.137. The average molecular weight is 292 g/mol. The molecule has 0 radical (unpaired) electrons. The number of alkyl halides is 3. The first-order valence-electron chi connectivity index (χ1n) is 6.14. The Morgan fingerprint density at radius 3 is 2.57 bits per heavy atom. The van der Waals surface area contributed by atoms with Crippen molar-refractivity contribution in [2.45, 2.75) is 13.1 Å². The van der Waals surface area contributed by atoms with E-state index in [1.807, 2.05) is 6.92 Å². The van der Waals surface area contributed by atoms with Crippen molar-refractivity contribution in [3.8, 4) is 11.4 Å². The molecule has 21 heavy (non-hydrogen) atoms. The Bertz CT molecular complexity index is 821. The van der Waals surface area contributed by atoms with E-state index in [4.69, 9.17) is 5.73 Å². The molecule has 0 saturated heterocycles. The number of imidazole rings is 1. The Labute approximate surface area is 117 Å². The normalized spacial score (nSPS) is 12.0. The number of benzene rings is 1. The molecule has 0 amide bonds. The van der Waals surface area contributed by atoms with Gasteiger partial charge in [-0.05, 0) is 37.3 Å². The first-order valence-corrected chi connectivity index (χ1v) is 6.14. The number of pyridine rings is 1. The molecule has 0 fully saturated rings. The number of nitrogens with two attached hydrogens (primary N) is 1. The highest BCUT2D eigenvalue weighted by Gasteiger charge is 2.31. The predicted molar refractivity (Wildman–Crippen MR) is 73.5 cm³/mol. The van der Waals surface area contributed by atoms with Crippen LogP contribution in [0.4, 0.5) is 18.9 Å². The molecule has 108 valence electrons. The predicted octanol–water partition coefficient (Wildman–Crippen LogP) is 3.53. The van der Waals surface area contributed by atoms with Gasteiger partial charge in [0.05, 0.1) is 11.1 Å². The fraction of sp³-hybridized carbons (Fsp3) is 0.143. The van der Waals surface area contributed by atoms with E-state index in [1.54, 1.807) is 12.1 Å². The molecule has 4 nitrogen and oxygen atoms in total. The zero-order valence-corrected chi connectivity index (χ0v) is 11.0. The van der Waals surface area contributed by atoms with Crippen LogP contribution in [0.1, 0.15) is 11.3 Å². The molecule has 3 aromatic rings. The van der Waals surface area contributed by atoms with E-state index >= 15 is 0 Å². The minimum Gasteiger partial charge on any atom is -0.399 e. The molecule has 0 aliphatic carbocycles. The van der Waals surface area contributed by atoms with Crippen molar-refractivity contribution in [3.63, 3.8) is 0 Å². The van der Waals surface area contributed by atoms with Crippen molar-refractivity contribution in [1.29, 1.82) is 0 Å². The number of fused-ring (bicyclic) bond motifs is 1. The molecular weight excluding hydrogens is 281 g/mol. The van der Waals surface area contributed by atoms with Crippen LogP contribution < -0.4 is 5.73 Å². The molecule has 3 N–H and O–H groups in total. The van der Waals surface area contributed by atoms with Gasteiger partial charge in [-0.2, -0.15) is 13.2 Å². The maximum atomic E-state index is 12.8. The van der Waals surface area contributed by atoms with Gasteiger partial charge in [-0.25, -0.2) is 9.97 Å². The lowest BCUT2D eigenvalue weighted by Gasteiger charge is -2.09. The van der Waals surface area contributed by atoms with Gasteiger partial charge in [-0.15, -0.1) is 0 Å². The summed E-state index contributed by atoms with van der Waals surface area (Å²) in [7, 11) is 0. The Morgan fingerprint density at radius 1 is 1.10 bits per heavy atom. The minimum atomic E-state index is -4.45. The molecule has 0 unspecified atom stereocenters. The number of aryl methyl sites for hydroxylation is 1. The van der Waals surface area contributed by atoms with E-state index in [2.05, 4.69) is 15.0 Å². The number of nitrogen functional groups attached to an aromatic ring is 1. The second-order valence-corrected chi connectivity index (χ2v) is 4.75. The van der Waals surface area contributed by atoms with Crippen LogP contribution in [-0.4, -0.2) is 15.0 Å². The number of nitrogens with zero attached hydrogens (tertiary/aromatic N) is 2. The quantitative estimate of drug-likeness (QED) is 0.674. The number of rotatable bonds is 1. The van der Waals surface area contributed by atoms with E-state index in [1.165, 1.54) is 6.07 Å². The van der Waals surface area contributed by atoms with Gasteiger partial charge in [-0.3, -0.25) is 0 Å². The molecule has 0 bridgehead atoms. The van der Waals surface area contributed by atoms with Gasteiger partial charge in [0.2, 0.25) is 0 Å². The topological polar surface area (TPSA) is 67.6 Å². The summed E-state index contributed by atoms with van der Waals surface area (Å²) in [5, 5.41) is 0. The van der Waals surface area contributed by atoms with Crippen molar-refractivity contribution >= 4 is 16.9 Å². The average Bonchev–Trinajstić information content (AvgIpc) is 2.80. The zero-order valence-electron chi connectivity index (χ0n) is 11.0. The van der Waals surface area contributed by atoms with E-state index in [-0.39, 0.29) is 11.3 Å². The second kappa shape index (κ2) is 4.47. The van der Waals surface area contributed by atoms with Crippen molar-refractivity contribution < 1.29 is 13.2 Å². The Morgan fingerprint density at radius 2 is 1.86 bits per heavy atom. The second-order valence-electron chi connectivity index (χ2n) is 4.75. The number of anilines is 1. The van der Waals surface area contributed by atoms with Gasteiger partial charge in [0.15, 0.2) is 5.65 Å². The molecule has 0 saturated carbocycles. The SMILES string of the molecule is Cc1ccc2[nH]c(-c3cc(N)cc(C(F)(F)F)c3)nc2n1. The van der Waals surface area contributed by atoms with Gasteiger partial charge in [0, 0.05) is 16.9 Å². The van der Waals surface area contributed by atoms with Crippen molar-refractivity contribution in [2.24, 2.45) is 0 Å². The molecule has 0 spiro atoms. The number of H-pyrrole nitrogens is 1. The molecule has 0 aliphatic heterocycles. The molecule has 0 aliphatic rings. The minimum absolute atomic E-state index is 0.0319. The maximum absolute atomic E-state index is 12.8. The van der Waals surface area contributed by atoms with Crippen LogP contribution in [0.15, 0.2) is 30.3 Å². The van der Waals surface area contributed by atoms with Gasteiger partial charge in [-0.1, -0.05) is 0 Å². The summed E-state index contributed by atoms with van der Waals surface area (Å²) in [6.07, 6.45) is -4.45. The Hall–Kier alpha value is -2.57. The van der Waals surface area contributed by atoms with Crippen LogP contribution in [0.25, 0.3) is 22.6 Å². The third-order valence-electron chi connectivity index (χ3n) is 3.04. The molecule has 2 heterocycles. The van der Waals surface area contributed by atoms with Gasteiger partial charge in [0.25, 0.3) is 0 Å². The number of aromatic amines is 1. The smallest absolute Gasteiger partial charge is 0.399 e. The summed E-state index contributed by atoms with van der Waals surface area (Å²) in [5.74, 6) is 0.306. The van der Waals surface area contributed by atoms with E-state index in [0.717, 1.165) is 17.8 Å². The first-order chi connectivity index (χ1) is 9.83. The fourth-order valence-corrected chi connectivity index (χ4v) is 2.08. The number of halogens is 3. The standard InChI is InChI=1S/C14H11F3N4/c1-7-2-3-11-13(19-7)21-12(20-11)8-4-9(14(15,16)17)6-10(18)5-8/h2-6H,18H2,1H3,(H,19,20,21). The van der Waals surface area contributed by atoms with E-state index < -0.39 is 11.7 Å². The van der Waals surface area contributed by atoms with Crippen molar-refractivity contribution in [3.05, 3.63) is 41.6 Å². The third kappa shape index (κ3) is 2.54. The highest BCUT2D eigenvalue weighted by atomic mass is 19.4. The van der Waals surface area contributed by atoms with Crippen LogP contribution >= 0.6 is 0 Å². The number of nitrogens with one attached hydrogen (secondary N) is 1. The van der Waals surface area contributed by atoms with Crippen LogP contribution in [0, 0.1) is 6.92 Å². The largest absolute Gasteiger partial charge is 0.416 e. The summed E-state index contributed by atoms with van der Waals surface area (Å²) in [6, 6.07) is 6.94. The molecule has 1 aromatic carbocycles. The summed E-state index contributed by atoms with van der Waals surface area (Å²) in [6.45, 7) is 1.82. The first kappa shape index (κ1) is 13.4. The maximum Gasteiger partial charge on any atom is 0.416 e. The van der Waals surface area contributed by atoms with Gasteiger partial charge < -0.3 is 10.7 Å². The van der Waals surface area contributed by atoms with Crippen LogP contribution in [0.2, 0.25) is 0 Å². The van der Waals surface area contributed by atoms with E-state index in [9.17, 15) is 13.2 Å². The molecule has 3 rings (SSSR count). The van der Waals surface area contributed by atoms with Crippen LogP contribution in [0.3, 0.4) is 0 Å². The van der Waals surface area contributed by atoms with Gasteiger partial charge >= 0.3 is 6.18 Å². The number of hydrogen-bond acceptors (Lipinski definition) is 3. The monoisotopic (exact) mass is 292 g/mol. The summed E-state index contributed by atoms with van der Waals surface area (Å²) in [4.78, 5) is 11.4. The Kier molecular flexibility index (Phi) is 2.86. The van der Waals surface area contributed by atoms with Gasteiger partial charge in [0.1, 0.15) is 5.82 Å². The van der Waals surface area contributed by atoms with Crippen molar-refractivity contribution in [2.75, 3.05) is 5.73 Å². The molecule has 0 atom stereocenters. The Balaban J connectivity index is 2.16. The number of hydrogen-bond donors (Lipinski definition) is 2. The van der Waals surface area contributed by atoms with Crippen molar-refractivity contribution in [1.82, 2.24) is 15.0 Å². The molecular formula is C14H11F3N4. The highest BCUT2D eigenvalue weighted by molar-refractivity contribution is 5.77. The summed E-state index contributed by atoms with van der Waals surface area (Å²) in [5.41, 5.74) is 6.96. The molecule has 7 heteroatoms. The highest BCUT2D eigenvalue weighted by Crippen LogP contribution is 2.33. The fourth-order valence-electron chi connectivity index (χ4n) is 2.08. The molecule has 2 aromatic heterocycles. The summed E-state index contributed by atoms with van der Waals surface area (Å²) < 4.78 is 38.5. The third-order valence-corrected chi connectivity index (χ3v) is 3.04. The van der Waals surface area contributed by atoms with Crippen LogP contribution in [-0.2, 0) is 6.18 Å². The lowest BCUT2D eigenvalue weighted by atomic mass is 10.1. The van der Waals surface area contributed by atoms with E-state index in [0.29, 0.717) is 17.0 Å². The lowest BCUT2D eigenvalue weighted by Crippen LogP contribution is -2.06. The summed E-state index contributed by atoms with van der Waals surface area (Å²) >= 11 is 0. The van der Waals surface area contributed by atoms with Crippen LogP contribution in [0.5, 0.6) is 0 Å². The zero-order chi connectivity index (χ0) is 15.2. The number of aromatic nitrogens is 3.